The lowest BCUT2D eigenvalue weighted by molar-refractivity contribution is 0.149. The lowest BCUT2D eigenvalue weighted by Gasteiger charge is -2.37. The number of urea groups is 1. The van der Waals surface area contributed by atoms with E-state index in [1.54, 1.807) is 19.0 Å². The predicted octanol–water partition coefficient (Wildman–Crippen LogP) is 2.70. The molecule has 1 rings (SSSR count). The van der Waals surface area contributed by atoms with Crippen molar-refractivity contribution in [2.24, 2.45) is 17.3 Å². The fraction of sp³-hybridized carbons (Fsp3) is 0.938. The zero-order valence-electron chi connectivity index (χ0n) is 14.0. The van der Waals surface area contributed by atoms with E-state index in [0.29, 0.717) is 12.0 Å². The van der Waals surface area contributed by atoms with Crippen LogP contribution in [0.2, 0.25) is 0 Å². The molecule has 4 heteroatoms. The second kappa shape index (κ2) is 7.87. The first-order valence-corrected chi connectivity index (χ1v) is 7.96. The summed E-state index contributed by atoms with van der Waals surface area (Å²) in [6, 6.07) is -0.0162. The molecule has 118 valence electrons. The molecule has 0 saturated heterocycles. The minimum absolute atomic E-state index is 0.0162. The Morgan fingerprint density at radius 1 is 1.10 bits per heavy atom. The van der Waals surface area contributed by atoms with Crippen LogP contribution >= 0.6 is 0 Å². The number of carbonyl (C=O) groups excluding carboxylic acids is 1. The third kappa shape index (κ3) is 6.12. The Balaban J connectivity index is 2.06. The Kier molecular flexibility index (Phi) is 6.80. The smallest absolute Gasteiger partial charge is 0.316 e. The minimum Gasteiger partial charge on any atom is -0.337 e. The number of hydrogen-bond acceptors (Lipinski definition) is 2. The molecule has 1 aliphatic rings. The second-order valence-electron chi connectivity index (χ2n) is 7.41. The molecule has 0 bridgehead atoms. The molecule has 0 atom stereocenters. The molecule has 0 unspecified atom stereocenters. The van der Waals surface area contributed by atoms with Gasteiger partial charge in [0.05, 0.1) is 0 Å². The minimum atomic E-state index is -0.0162. The quantitative estimate of drug-likeness (QED) is 0.762. The highest BCUT2D eigenvalue weighted by Crippen LogP contribution is 2.39. The summed E-state index contributed by atoms with van der Waals surface area (Å²) in [5, 5.41) is 6.34. The molecule has 0 spiro atoms. The van der Waals surface area contributed by atoms with Crippen LogP contribution in [-0.4, -0.2) is 44.7 Å². The van der Waals surface area contributed by atoms with E-state index in [4.69, 9.17) is 0 Å². The van der Waals surface area contributed by atoms with Crippen molar-refractivity contribution >= 4 is 6.03 Å². The van der Waals surface area contributed by atoms with Gasteiger partial charge in [0.25, 0.3) is 0 Å². The van der Waals surface area contributed by atoms with Gasteiger partial charge in [-0.3, -0.25) is 0 Å². The van der Waals surface area contributed by atoms with E-state index in [9.17, 15) is 4.79 Å². The van der Waals surface area contributed by atoms with Crippen LogP contribution < -0.4 is 10.6 Å². The summed E-state index contributed by atoms with van der Waals surface area (Å²) < 4.78 is 0. The van der Waals surface area contributed by atoms with E-state index in [2.05, 4.69) is 31.4 Å². The average molecular weight is 283 g/mol. The molecule has 2 N–H and O–H groups in total. The van der Waals surface area contributed by atoms with Gasteiger partial charge in [0.2, 0.25) is 0 Å². The molecule has 0 aromatic heterocycles. The lowest BCUT2D eigenvalue weighted by Crippen LogP contribution is -2.39. The third-order valence-corrected chi connectivity index (χ3v) is 4.49. The second-order valence-corrected chi connectivity index (χ2v) is 7.41. The summed E-state index contributed by atoms with van der Waals surface area (Å²) >= 11 is 0. The van der Waals surface area contributed by atoms with E-state index < -0.39 is 0 Å². The van der Waals surface area contributed by atoms with E-state index >= 15 is 0 Å². The first-order chi connectivity index (χ1) is 9.30. The van der Waals surface area contributed by atoms with Gasteiger partial charge in [-0.2, -0.15) is 0 Å². The highest BCUT2D eigenvalue weighted by molar-refractivity contribution is 5.73. The van der Waals surface area contributed by atoms with Gasteiger partial charge in [-0.15, -0.1) is 0 Å². The van der Waals surface area contributed by atoms with Crippen LogP contribution in [-0.2, 0) is 0 Å². The van der Waals surface area contributed by atoms with Crippen LogP contribution in [0.4, 0.5) is 4.79 Å². The Bertz CT molecular complexity index is 289. The van der Waals surface area contributed by atoms with Gasteiger partial charge in [-0.25, -0.2) is 4.79 Å². The molecule has 0 radical (unpaired) electrons. The first kappa shape index (κ1) is 17.3. The van der Waals surface area contributed by atoms with Crippen LogP contribution in [0.25, 0.3) is 0 Å². The number of nitrogens with zero attached hydrogens (tertiary/aromatic N) is 1. The van der Waals surface area contributed by atoms with Crippen LogP contribution in [0.3, 0.4) is 0 Å². The van der Waals surface area contributed by atoms with Crippen molar-refractivity contribution in [2.75, 3.05) is 33.7 Å². The molecule has 20 heavy (non-hydrogen) atoms. The van der Waals surface area contributed by atoms with Gasteiger partial charge in [0.15, 0.2) is 0 Å². The molecule has 1 fully saturated rings. The monoisotopic (exact) mass is 283 g/mol. The summed E-state index contributed by atoms with van der Waals surface area (Å²) in [5.41, 5.74) is 0.467. The van der Waals surface area contributed by atoms with Gasteiger partial charge in [-0.05, 0) is 49.5 Å². The summed E-state index contributed by atoms with van der Waals surface area (Å²) in [6.07, 6.45) is 5.43. The Morgan fingerprint density at radius 2 is 1.70 bits per heavy atom. The summed E-state index contributed by atoms with van der Waals surface area (Å²) in [5.74, 6) is 1.70. The summed E-state index contributed by atoms with van der Waals surface area (Å²) in [7, 11) is 3.52. The van der Waals surface area contributed by atoms with Crippen molar-refractivity contribution in [2.45, 2.75) is 46.5 Å². The Labute approximate surface area is 124 Å². The molecule has 0 aromatic rings. The molecular formula is C16H33N3O. The highest BCUT2D eigenvalue weighted by Gasteiger charge is 2.29. The topological polar surface area (TPSA) is 44.4 Å². The number of rotatable bonds is 5. The van der Waals surface area contributed by atoms with Crippen molar-refractivity contribution in [3.8, 4) is 0 Å². The van der Waals surface area contributed by atoms with Crippen molar-refractivity contribution in [1.82, 2.24) is 15.5 Å². The van der Waals surface area contributed by atoms with E-state index in [0.717, 1.165) is 24.9 Å². The summed E-state index contributed by atoms with van der Waals surface area (Å²) in [4.78, 5) is 12.9. The zero-order chi connectivity index (χ0) is 15.2. The highest BCUT2D eigenvalue weighted by atomic mass is 16.2. The fourth-order valence-corrected chi connectivity index (χ4v) is 2.95. The van der Waals surface area contributed by atoms with Gasteiger partial charge in [-0.1, -0.05) is 20.8 Å². The number of nitrogens with one attached hydrogen (secondary N) is 2. The maximum Gasteiger partial charge on any atom is 0.316 e. The normalized spacial score (nSPS) is 23.4. The Morgan fingerprint density at radius 3 is 2.20 bits per heavy atom. The molecule has 0 aliphatic heterocycles. The molecule has 0 aromatic carbocycles. The standard InChI is InChI=1S/C16H33N3O/c1-16(2,3)14-8-6-13(7-9-14)12-17-10-11-18-15(20)19(4)5/h13-14,17H,6-12H2,1-5H3,(H,18,20). The van der Waals surface area contributed by atoms with Crippen molar-refractivity contribution in [3.05, 3.63) is 0 Å². The van der Waals surface area contributed by atoms with Gasteiger partial charge >= 0.3 is 6.03 Å². The molecule has 0 heterocycles. The van der Waals surface area contributed by atoms with Crippen LogP contribution in [0, 0.1) is 17.3 Å². The van der Waals surface area contributed by atoms with Crippen LogP contribution in [0.5, 0.6) is 0 Å². The van der Waals surface area contributed by atoms with Crippen LogP contribution in [0.15, 0.2) is 0 Å². The zero-order valence-corrected chi connectivity index (χ0v) is 14.0. The largest absolute Gasteiger partial charge is 0.337 e. The molecule has 1 aliphatic carbocycles. The lowest BCUT2D eigenvalue weighted by atomic mass is 9.70. The number of hydrogen-bond donors (Lipinski definition) is 2. The van der Waals surface area contributed by atoms with Gasteiger partial charge in [0, 0.05) is 27.2 Å². The van der Waals surface area contributed by atoms with Gasteiger partial charge in [0.1, 0.15) is 0 Å². The number of amides is 2. The molecule has 4 nitrogen and oxygen atoms in total. The maximum absolute atomic E-state index is 11.3. The first-order valence-electron chi connectivity index (χ1n) is 7.96. The fourth-order valence-electron chi connectivity index (χ4n) is 2.95. The van der Waals surface area contributed by atoms with Crippen molar-refractivity contribution in [1.29, 1.82) is 0 Å². The van der Waals surface area contributed by atoms with E-state index in [-0.39, 0.29) is 6.03 Å². The SMILES string of the molecule is CN(C)C(=O)NCCNCC1CCC(C(C)(C)C)CC1. The maximum atomic E-state index is 11.3. The molecule has 2 amide bonds. The van der Waals surface area contributed by atoms with Crippen LogP contribution in [0.1, 0.15) is 46.5 Å². The van der Waals surface area contributed by atoms with E-state index in [1.807, 2.05) is 0 Å². The Hall–Kier alpha value is -0.770. The van der Waals surface area contributed by atoms with Crippen molar-refractivity contribution in [3.63, 3.8) is 0 Å². The molecular weight excluding hydrogens is 250 g/mol. The summed E-state index contributed by atoms with van der Waals surface area (Å²) in [6.45, 7) is 9.75. The third-order valence-electron chi connectivity index (χ3n) is 4.49. The van der Waals surface area contributed by atoms with Crippen molar-refractivity contribution < 1.29 is 4.79 Å². The van der Waals surface area contributed by atoms with E-state index in [1.165, 1.54) is 25.7 Å². The molecule has 1 saturated carbocycles. The predicted molar refractivity (Wildman–Crippen MR) is 84.9 cm³/mol. The van der Waals surface area contributed by atoms with Gasteiger partial charge < -0.3 is 15.5 Å². The number of carbonyl (C=O) groups is 1. The average Bonchev–Trinajstić information content (AvgIpc) is 2.37.